The van der Waals surface area contributed by atoms with Gasteiger partial charge in [0.15, 0.2) is 0 Å². The number of rotatable bonds is 5. The van der Waals surface area contributed by atoms with Gasteiger partial charge in [-0.1, -0.05) is 36.4 Å². The average molecular weight is 395 g/mol. The van der Waals surface area contributed by atoms with Gasteiger partial charge in [0, 0.05) is 29.9 Å². The van der Waals surface area contributed by atoms with Crippen molar-refractivity contribution in [3.05, 3.63) is 58.3 Å². The first-order valence-electron chi connectivity index (χ1n) is 8.22. The van der Waals surface area contributed by atoms with Crippen LogP contribution in [-0.4, -0.2) is 36.0 Å². The van der Waals surface area contributed by atoms with E-state index in [4.69, 9.17) is 11.5 Å². The van der Waals surface area contributed by atoms with Crippen molar-refractivity contribution in [1.29, 1.82) is 0 Å². The Morgan fingerprint density at radius 3 is 2.54 bits per heavy atom. The molecule has 0 aliphatic carbocycles. The highest BCUT2D eigenvalue weighted by molar-refractivity contribution is 7.10. The molecule has 1 aromatic carbocycles. The Kier molecular flexibility index (Phi) is 7.02. The minimum absolute atomic E-state index is 0. The van der Waals surface area contributed by atoms with E-state index in [0.717, 1.165) is 10.4 Å². The number of primary amides is 1. The molecule has 1 saturated heterocycles. The van der Waals surface area contributed by atoms with E-state index in [0.29, 0.717) is 13.1 Å². The standard InChI is InChI=1S/C18H22N4O2S.ClH/c19-14-11-22(10-13(14)12-5-2-1-3-6-12)17(23)9-15(21-18(20)24)16-7-4-8-25-16;/h1-8,13-15H,9-11,19H2,(H3,20,21,24);1H/t13-,14+,15?;/m0./s1. The van der Waals surface area contributed by atoms with Gasteiger partial charge >= 0.3 is 6.03 Å². The molecule has 8 heteroatoms. The molecule has 1 unspecified atom stereocenters. The summed E-state index contributed by atoms with van der Waals surface area (Å²) < 4.78 is 0. The Bertz CT molecular complexity index is 726. The maximum atomic E-state index is 12.7. The molecule has 26 heavy (non-hydrogen) atoms. The Hall–Kier alpha value is -2.09. The predicted octanol–water partition coefficient (Wildman–Crippen LogP) is 2.22. The summed E-state index contributed by atoms with van der Waals surface area (Å²) in [5, 5.41) is 4.57. The van der Waals surface area contributed by atoms with E-state index in [2.05, 4.69) is 5.32 Å². The third-order valence-electron chi connectivity index (χ3n) is 4.53. The topological polar surface area (TPSA) is 101 Å². The fourth-order valence-corrected chi connectivity index (χ4v) is 4.05. The lowest BCUT2D eigenvalue weighted by Crippen LogP contribution is -2.38. The highest BCUT2D eigenvalue weighted by atomic mass is 35.5. The number of amides is 3. The van der Waals surface area contributed by atoms with Crippen molar-refractivity contribution in [2.24, 2.45) is 11.5 Å². The fraction of sp³-hybridized carbons (Fsp3) is 0.333. The maximum Gasteiger partial charge on any atom is 0.312 e. The Balaban J connectivity index is 0.00000243. The van der Waals surface area contributed by atoms with E-state index in [1.54, 1.807) is 4.90 Å². The summed E-state index contributed by atoms with van der Waals surface area (Å²) in [4.78, 5) is 26.7. The molecule has 3 rings (SSSR count). The van der Waals surface area contributed by atoms with Gasteiger partial charge < -0.3 is 21.7 Å². The first-order valence-corrected chi connectivity index (χ1v) is 9.10. The average Bonchev–Trinajstić information content (AvgIpc) is 3.24. The van der Waals surface area contributed by atoms with Crippen molar-refractivity contribution >= 4 is 35.7 Å². The SMILES string of the molecule is Cl.NC(=O)NC(CC(=O)N1C[C@@H](N)[C@H](c2ccccc2)C1)c1cccs1. The molecule has 1 aliphatic heterocycles. The van der Waals surface area contributed by atoms with Gasteiger partial charge in [0.2, 0.25) is 5.91 Å². The zero-order chi connectivity index (χ0) is 17.8. The van der Waals surface area contributed by atoms with Crippen LogP contribution in [0.5, 0.6) is 0 Å². The number of carbonyl (C=O) groups is 2. The Morgan fingerprint density at radius 2 is 1.92 bits per heavy atom. The summed E-state index contributed by atoms with van der Waals surface area (Å²) in [7, 11) is 0. The summed E-state index contributed by atoms with van der Waals surface area (Å²) in [6.07, 6.45) is 0.178. The second-order valence-corrected chi connectivity index (χ2v) is 7.24. The van der Waals surface area contributed by atoms with Crippen LogP contribution in [0.3, 0.4) is 0 Å². The van der Waals surface area contributed by atoms with Crippen LogP contribution in [0.1, 0.15) is 28.8 Å². The van der Waals surface area contributed by atoms with Crippen molar-refractivity contribution in [3.8, 4) is 0 Å². The highest BCUT2D eigenvalue weighted by Gasteiger charge is 2.34. The first-order chi connectivity index (χ1) is 12.0. The number of nitrogens with one attached hydrogen (secondary N) is 1. The van der Waals surface area contributed by atoms with Crippen LogP contribution in [0.2, 0.25) is 0 Å². The zero-order valence-electron chi connectivity index (χ0n) is 14.2. The van der Waals surface area contributed by atoms with E-state index in [1.807, 2.05) is 47.8 Å². The largest absolute Gasteiger partial charge is 0.352 e. The quantitative estimate of drug-likeness (QED) is 0.724. The minimum atomic E-state index is -0.633. The number of urea groups is 1. The smallest absolute Gasteiger partial charge is 0.312 e. The van der Waals surface area contributed by atoms with Crippen LogP contribution in [0.25, 0.3) is 0 Å². The number of likely N-dealkylation sites (tertiary alicyclic amines) is 1. The number of hydrogen-bond donors (Lipinski definition) is 3. The number of hydrogen-bond acceptors (Lipinski definition) is 4. The van der Waals surface area contributed by atoms with Crippen molar-refractivity contribution in [2.45, 2.75) is 24.4 Å². The number of carbonyl (C=O) groups excluding carboxylic acids is 2. The zero-order valence-corrected chi connectivity index (χ0v) is 15.8. The lowest BCUT2D eigenvalue weighted by atomic mass is 9.95. The number of halogens is 1. The molecule has 1 aromatic heterocycles. The molecule has 0 bridgehead atoms. The third kappa shape index (κ3) is 4.75. The molecule has 6 nitrogen and oxygen atoms in total. The van der Waals surface area contributed by atoms with Crippen molar-refractivity contribution in [3.63, 3.8) is 0 Å². The summed E-state index contributed by atoms with van der Waals surface area (Å²) in [6, 6.07) is 12.7. The molecular formula is C18H23ClN4O2S. The Labute approximate surface area is 163 Å². The monoisotopic (exact) mass is 394 g/mol. The third-order valence-corrected chi connectivity index (χ3v) is 5.51. The van der Waals surface area contributed by atoms with Gasteiger partial charge in [0.25, 0.3) is 0 Å². The van der Waals surface area contributed by atoms with Gasteiger partial charge in [0.05, 0.1) is 12.5 Å². The number of nitrogens with zero attached hydrogens (tertiary/aromatic N) is 1. The lowest BCUT2D eigenvalue weighted by Gasteiger charge is -2.21. The van der Waals surface area contributed by atoms with Gasteiger partial charge in [0.1, 0.15) is 0 Å². The molecule has 1 aliphatic rings. The molecule has 0 radical (unpaired) electrons. The molecule has 0 saturated carbocycles. The van der Waals surface area contributed by atoms with Crippen molar-refractivity contribution < 1.29 is 9.59 Å². The normalized spacial score (nSPS) is 20.3. The van der Waals surface area contributed by atoms with E-state index in [1.165, 1.54) is 11.3 Å². The number of benzene rings is 1. The van der Waals surface area contributed by atoms with Gasteiger partial charge in [-0.3, -0.25) is 4.79 Å². The van der Waals surface area contributed by atoms with E-state index in [9.17, 15) is 9.59 Å². The number of thiophene rings is 1. The summed E-state index contributed by atoms with van der Waals surface area (Å²) in [6.45, 7) is 1.11. The van der Waals surface area contributed by atoms with Crippen LogP contribution in [0.4, 0.5) is 4.79 Å². The molecule has 2 aromatic rings. The van der Waals surface area contributed by atoms with Gasteiger partial charge in [-0.2, -0.15) is 0 Å². The maximum absolute atomic E-state index is 12.7. The predicted molar refractivity (Wildman–Crippen MR) is 105 cm³/mol. The van der Waals surface area contributed by atoms with Gasteiger partial charge in [-0.25, -0.2) is 4.79 Å². The summed E-state index contributed by atoms with van der Waals surface area (Å²) in [5.74, 6) is 0.107. The van der Waals surface area contributed by atoms with E-state index >= 15 is 0 Å². The summed E-state index contributed by atoms with van der Waals surface area (Å²) in [5.41, 5.74) is 12.7. The molecule has 3 amide bonds. The fourth-order valence-electron chi connectivity index (χ4n) is 3.27. The molecule has 0 spiro atoms. The van der Waals surface area contributed by atoms with Crippen molar-refractivity contribution in [1.82, 2.24) is 10.2 Å². The lowest BCUT2D eigenvalue weighted by molar-refractivity contribution is -0.130. The molecule has 140 valence electrons. The summed E-state index contributed by atoms with van der Waals surface area (Å²) >= 11 is 1.49. The molecule has 3 atom stereocenters. The molecule has 5 N–H and O–H groups in total. The van der Waals surface area contributed by atoms with Crippen LogP contribution in [0, 0.1) is 0 Å². The van der Waals surface area contributed by atoms with Crippen LogP contribution in [0.15, 0.2) is 47.8 Å². The second kappa shape index (κ2) is 9.02. The highest BCUT2D eigenvalue weighted by Crippen LogP contribution is 2.29. The number of nitrogens with two attached hydrogens (primary N) is 2. The molecule has 2 heterocycles. The minimum Gasteiger partial charge on any atom is -0.352 e. The van der Waals surface area contributed by atoms with Crippen molar-refractivity contribution in [2.75, 3.05) is 13.1 Å². The van der Waals surface area contributed by atoms with Crippen LogP contribution < -0.4 is 16.8 Å². The van der Waals surface area contributed by atoms with E-state index < -0.39 is 12.1 Å². The van der Waals surface area contributed by atoms with Crippen LogP contribution in [-0.2, 0) is 4.79 Å². The van der Waals surface area contributed by atoms with E-state index in [-0.39, 0.29) is 36.7 Å². The second-order valence-electron chi connectivity index (χ2n) is 6.26. The van der Waals surface area contributed by atoms with Gasteiger partial charge in [-0.05, 0) is 17.0 Å². The van der Waals surface area contributed by atoms with Gasteiger partial charge in [-0.15, -0.1) is 23.7 Å². The molecular weight excluding hydrogens is 372 g/mol. The first kappa shape index (κ1) is 20.2. The molecule has 1 fully saturated rings. The Morgan fingerprint density at radius 1 is 1.19 bits per heavy atom. The van der Waals surface area contributed by atoms with Crippen LogP contribution >= 0.6 is 23.7 Å².